The molecule has 2 radical (unpaired) electrons. The molecule has 0 heterocycles. The predicted octanol–water partition coefficient (Wildman–Crippen LogP) is 3.06. The molecular formula is C18H15CaP. The zero-order chi connectivity index (χ0) is 12.9. The minimum Gasteiger partial charge on any atom is -0.0622 e. The average molecular weight is 302 g/mol. The van der Waals surface area contributed by atoms with Gasteiger partial charge in [-0.15, -0.1) is 0 Å². The van der Waals surface area contributed by atoms with Crippen LogP contribution in [0.5, 0.6) is 0 Å². The molecular weight excluding hydrogens is 287 g/mol. The normalized spacial score (nSPS) is 10.1. The Labute approximate surface area is 151 Å². The molecule has 0 saturated carbocycles. The molecule has 0 aliphatic carbocycles. The van der Waals surface area contributed by atoms with Crippen LogP contribution in [0.15, 0.2) is 91.0 Å². The molecule has 3 rings (SSSR count). The minimum absolute atomic E-state index is 0. The largest absolute Gasteiger partial charge is 0.0622 e. The molecule has 0 nitrogen and oxygen atoms in total. The molecule has 0 aromatic heterocycles. The topological polar surface area (TPSA) is 0 Å². The molecule has 20 heavy (non-hydrogen) atoms. The Morgan fingerprint density at radius 1 is 0.400 bits per heavy atom. The van der Waals surface area contributed by atoms with Crippen LogP contribution in [0.4, 0.5) is 0 Å². The first-order valence-electron chi connectivity index (χ1n) is 6.40. The van der Waals surface area contributed by atoms with Gasteiger partial charge in [0.05, 0.1) is 0 Å². The third kappa shape index (κ3) is 3.71. The van der Waals surface area contributed by atoms with Crippen LogP contribution in [0, 0.1) is 0 Å². The quantitative estimate of drug-likeness (QED) is 0.515. The van der Waals surface area contributed by atoms with Crippen molar-refractivity contribution in [2.75, 3.05) is 0 Å². The van der Waals surface area contributed by atoms with E-state index in [1.165, 1.54) is 15.9 Å². The summed E-state index contributed by atoms with van der Waals surface area (Å²) in [5.41, 5.74) is 0. The van der Waals surface area contributed by atoms with Crippen molar-refractivity contribution in [2.45, 2.75) is 0 Å². The molecule has 0 bridgehead atoms. The van der Waals surface area contributed by atoms with Crippen molar-refractivity contribution >= 4 is 61.6 Å². The van der Waals surface area contributed by atoms with E-state index < -0.39 is 7.92 Å². The van der Waals surface area contributed by atoms with Crippen LogP contribution in [0.2, 0.25) is 0 Å². The number of rotatable bonds is 3. The molecule has 0 spiro atoms. The second-order valence-corrected chi connectivity index (χ2v) is 6.56. The summed E-state index contributed by atoms with van der Waals surface area (Å²) < 4.78 is 0. The van der Waals surface area contributed by atoms with Gasteiger partial charge >= 0.3 is 0 Å². The van der Waals surface area contributed by atoms with Crippen molar-refractivity contribution < 1.29 is 0 Å². The summed E-state index contributed by atoms with van der Waals surface area (Å²) in [5, 5.41) is 4.19. The molecule has 0 N–H and O–H groups in total. The molecule has 3 aromatic rings. The van der Waals surface area contributed by atoms with E-state index in [1.807, 2.05) is 0 Å². The van der Waals surface area contributed by atoms with Gasteiger partial charge in [-0.2, -0.15) is 0 Å². The predicted molar refractivity (Wildman–Crippen MR) is 90.9 cm³/mol. The van der Waals surface area contributed by atoms with Crippen molar-refractivity contribution in [1.29, 1.82) is 0 Å². The van der Waals surface area contributed by atoms with Gasteiger partial charge in [0.15, 0.2) is 0 Å². The van der Waals surface area contributed by atoms with Crippen LogP contribution in [0.25, 0.3) is 0 Å². The fraction of sp³-hybridized carbons (Fsp3) is 0. The van der Waals surface area contributed by atoms with Gasteiger partial charge in [0, 0.05) is 37.7 Å². The van der Waals surface area contributed by atoms with Crippen molar-refractivity contribution in [3.8, 4) is 0 Å². The van der Waals surface area contributed by atoms with Gasteiger partial charge in [0.25, 0.3) is 0 Å². The van der Waals surface area contributed by atoms with E-state index in [4.69, 9.17) is 0 Å². The van der Waals surface area contributed by atoms with Gasteiger partial charge in [-0.3, -0.25) is 0 Å². The zero-order valence-corrected chi connectivity index (χ0v) is 14.4. The summed E-state index contributed by atoms with van der Waals surface area (Å²) in [6, 6.07) is 32.3. The van der Waals surface area contributed by atoms with E-state index >= 15 is 0 Å². The first kappa shape index (κ1) is 15.7. The second-order valence-electron chi connectivity index (χ2n) is 4.34. The number of hydrogen-bond acceptors (Lipinski definition) is 0. The van der Waals surface area contributed by atoms with Crippen molar-refractivity contribution in [1.82, 2.24) is 0 Å². The molecule has 0 aliphatic heterocycles. The van der Waals surface area contributed by atoms with Crippen LogP contribution < -0.4 is 15.9 Å². The fourth-order valence-electron chi connectivity index (χ4n) is 2.18. The van der Waals surface area contributed by atoms with E-state index in [1.54, 1.807) is 0 Å². The molecule has 0 amide bonds. The van der Waals surface area contributed by atoms with E-state index in [2.05, 4.69) is 91.0 Å². The maximum atomic E-state index is 2.23. The Morgan fingerprint density at radius 3 is 0.900 bits per heavy atom. The number of hydrogen-bond donors (Lipinski definition) is 0. The van der Waals surface area contributed by atoms with E-state index in [-0.39, 0.29) is 37.7 Å². The van der Waals surface area contributed by atoms with E-state index in [9.17, 15) is 0 Å². The van der Waals surface area contributed by atoms with Crippen LogP contribution in [0.1, 0.15) is 0 Å². The third-order valence-electron chi connectivity index (χ3n) is 3.04. The van der Waals surface area contributed by atoms with Gasteiger partial charge in [-0.25, -0.2) is 0 Å². The van der Waals surface area contributed by atoms with E-state index in [0.29, 0.717) is 0 Å². The SMILES string of the molecule is [Ca].c1ccc(P(c2ccccc2)c2ccccc2)cc1. The summed E-state index contributed by atoms with van der Waals surface area (Å²) in [7, 11) is -0.446. The van der Waals surface area contributed by atoms with E-state index in [0.717, 1.165) is 0 Å². The zero-order valence-electron chi connectivity index (χ0n) is 11.3. The molecule has 0 fully saturated rings. The van der Waals surface area contributed by atoms with Gasteiger partial charge < -0.3 is 0 Å². The standard InChI is InChI=1S/C18H15P.Ca/c1-4-10-16(11-5-1)19(17-12-6-2-7-13-17)18-14-8-3-9-15-18;/h1-15H;. The summed E-state index contributed by atoms with van der Waals surface area (Å²) in [4.78, 5) is 0. The summed E-state index contributed by atoms with van der Waals surface area (Å²) >= 11 is 0. The molecule has 2 heteroatoms. The third-order valence-corrected chi connectivity index (χ3v) is 5.49. The van der Waals surface area contributed by atoms with Crippen LogP contribution >= 0.6 is 7.92 Å². The fourth-order valence-corrected chi connectivity index (χ4v) is 4.48. The van der Waals surface area contributed by atoms with Gasteiger partial charge in [0.2, 0.25) is 0 Å². The van der Waals surface area contributed by atoms with Gasteiger partial charge in [-0.05, 0) is 23.8 Å². The average Bonchev–Trinajstić information content (AvgIpc) is 2.51. The Balaban J connectivity index is 0.00000147. The Kier molecular flexibility index (Phi) is 6.26. The second kappa shape index (κ2) is 7.96. The van der Waals surface area contributed by atoms with Crippen LogP contribution in [0.3, 0.4) is 0 Å². The summed E-state index contributed by atoms with van der Waals surface area (Å²) in [6.45, 7) is 0. The maximum absolute atomic E-state index is 2.23. The first-order chi connectivity index (χ1) is 9.45. The molecule has 0 aliphatic rings. The Morgan fingerprint density at radius 2 is 0.650 bits per heavy atom. The van der Waals surface area contributed by atoms with Crippen LogP contribution in [-0.2, 0) is 0 Å². The van der Waals surface area contributed by atoms with Crippen molar-refractivity contribution in [2.24, 2.45) is 0 Å². The minimum atomic E-state index is -0.446. The summed E-state index contributed by atoms with van der Waals surface area (Å²) in [5.74, 6) is 0. The monoisotopic (exact) mass is 302 g/mol. The molecule has 94 valence electrons. The van der Waals surface area contributed by atoms with Gasteiger partial charge in [0.1, 0.15) is 0 Å². The molecule has 0 unspecified atom stereocenters. The summed E-state index contributed by atoms with van der Waals surface area (Å²) in [6.07, 6.45) is 0. The maximum Gasteiger partial charge on any atom is 0 e. The number of benzene rings is 3. The van der Waals surface area contributed by atoms with Crippen molar-refractivity contribution in [3.05, 3.63) is 91.0 Å². The Bertz CT molecular complexity index is 529. The molecule has 3 aromatic carbocycles. The Hall–Kier alpha value is -0.650. The molecule has 0 atom stereocenters. The van der Waals surface area contributed by atoms with Crippen LogP contribution in [-0.4, -0.2) is 37.7 Å². The van der Waals surface area contributed by atoms with Crippen molar-refractivity contribution in [3.63, 3.8) is 0 Å². The van der Waals surface area contributed by atoms with Gasteiger partial charge in [-0.1, -0.05) is 91.0 Å². The first-order valence-corrected chi connectivity index (χ1v) is 7.74. The molecule has 0 saturated heterocycles. The smallest absolute Gasteiger partial charge is 0 e.